The zero-order chi connectivity index (χ0) is 23.2. The lowest BCUT2D eigenvalue weighted by atomic mass is 10.1. The fourth-order valence-electron chi connectivity index (χ4n) is 2.87. The van der Waals surface area contributed by atoms with Crippen LogP contribution in [0, 0.1) is 10.1 Å². The van der Waals surface area contributed by atoms with Gasteiger partial charge in [-0.05, 0) is 31.5 Å². The van der Waals surface area contributed by atoms with E-state index in [1.807, 2.05) is 0 Å². The number of benzene rings is 2. The number of non-ortho nitro benzene ring substituents is 1. The van der Waals surface area contributed by atoms with Crippen molar-refractivity contribution in [1.82, 2.24) is 0 Å². The Morgan fingerprint density at radius 2 is 1.90 bits per heavy atom. The van der Waals surface area contributed by atoms with Gasteiger partial charge in [-0.15, -0.1) is 0 Å². The number of rotatable bonds is 10. The van der Waals surface area contributed by atoms with Crippen molar-refractivity contribution < 1.29 is 27.7 Å². The molecule has 0 aromatic heterocycles. The summed E-state index contributed by atoms with van der Waals surface area (Å²) in [6.45, 7) is 1.33. The first kappa shape index (κ1) is 23.8. The van der Waals surface area contributed by atoms with Crippen LogP contribution in [0.3, 0.4) is 0 Å². The highest BCUT2D eigenvalue weighted by molar-refractivity contribution is 7.92. The summed E-state index contributed by atoms with van der Waals surface area (Å²) in [6, 6.07) is 10.1. The van der Waals surface area contributed by atoms with E-state index in [2.05, 4.69) is 5.32 Å². The van der Waals surface area contributed by atoms with E-state index in [-0.39, 0.29) is 48.2 Å². The lowest BCUT2D eigenvalue weighted by Crippen LogP contribution is -2.32. The standard InChI is InChI=1S/C20H23N3O7S/c1-14(24)15-6-4-7-16(12-15)21-20(25)8-5-11-22(31(3,28)29)18-13-17(23(26)27)9-10-19(18)30-2/h4,6-7,9-10,12-13H,5,8,11H2,1-3H3,(H,21,25). The van der Waals surface area contributed by atoms with Crippen molar-refractivity contribution in [1.29, 1.82) is 0 Å². The van der Waals surface area contributed by atoms with E-state index >= 15 is 0 Å². The molecular weight excluding hydrogens is 426 g/mol. The number of nitro groups is 1. The number of sulfonamides is 1. The number of nitrogens with zero attached hydrogens (tertiary/aromatic N) is 2. The number of nitrogens with one attached hydrogen (secondary N) is 1. The highest BCUT2D eigenvalue weighted by Crippen LogP contribution is 2.33. The minimum atomic E-state index is -3.80. The van der Waals surface area contributed by atoms with Crippen LogP contribution in [-0.2, 0) is 14.8 Å². The largest absolute Gasteiger partial charge is 0.495 e. The molecule has 1 N–H and O–H groups in total. The van der Waals surface area contributed by atoms with Gasteiger partial charge in [-0.25, -0.2) is 8.42 Å². The van der Waals surface area contributed by atoms with Crippen LogP contribution in [0.5, 0.6) is 5.75 Å². The second kappa shape index (κ2) is 10.0. The van der Waals surface area contributed by atoms with Crippen LogP contribution in [0.4, 0.5) is 17.1 Å². The van der Waals surface area contributed by atoms with Crippen LogP contribution in [-0.4, -0.2) is 44.9 Å². The number of methoxy groups -OCH3 is 1. The van der Waals surface area contributed by atoms with Crippen LogP contribution in [0.1, 0.15) is 30.1 Å². The van der Waals surface area contributed by atoms with Gasteiger partial charge in [-0.2, -0.15) is 0 Å². The summed E-state index contributed by atoms with van der Waals surface area (Å²) in [5.74, 6) is -0.340. The van der Waals surface area contributed by atoms with Crippen LogP contribution in [0.25, 0.3) is 0 Å². The number of nitro benzene ring substituents is 1. The minimum Gasteiger partial charge on any atom is -0.495 e. The average molecular weight is 449 g/mol. The summed E-state index contributed by atoms with van der Waals surface area (Å²) in [5.41, 5.74) is 0.651. The summed E-state index contributed by atoms with van der Waals surface area (Å²) in [6.07, 6.45) is 1.11. The number of hydrogen-bond acceptors (Lipinski definition) is 7. The van der Waals surface area contributed by atoms with E-state index in [1.54, 1.807) is 24.3 Å². The zero-order valence-corrected chi connectivity index (χ0v) is 18.1. The Morgan fingerprint density at radius 3 is 2.48 bits per heavy atom. The predicted molar refractivity (Wildman–Crippen MR) is 116 cm³/mol. The highest BCUT2D eigenvalue weighted by Gasteiger charge is 2.24. The second-order valence-corrected chi connectivity index (χ2v) is 8.64. The Morgan fingerprint density at radius 1 is 1.19 bits per heavy atom. The van der Waals surface area contributed by atoms with E-state index in [1.165, 1.54) is 26.2 Å². The molecule has 0 aliphatic carbocycles. The molecule has 0 fully saturated rings. The van der Waals surface area contributed by atoms with E-state index in [0.29, 0.717) is 11.3 Å². The van der Waals surface area contributed by atoms with Crippen molar-refractivity contribution in [3.05, 3.63) is 58.1 Å². The fourth-order valence-corrected chi connectivity index (χ4v) is 3.84. The maximum absolute atomic E-state index is 12.3. The Balaban J connectivity index is 2.13. The molecular formula is C20H23N3O7S. The van der Waals surface area contributed by atoms with Crippen molar-refractivity contribution in [3.63, 3.8) is 0 Å². The van der Waals surface area contributed by atoms with Gasteiger partial charge in [-0.1, -0.05) is 12.1 Å². The molecule has 10 nitrogen and oxygen atoms in total. The summed E-state index contributed by atoms with van der Waals surface area (Å²) < 4.78 is 30.8. The van der Waals surface area contributed by atoms with E-state index in [9.17, 15) is 28.1 Å². The molecule has 0 unspecified atom stereocenters. The Bertz CT molecular complexity index is 1100. The summed E-state index contributed by atoms with van der Waals surface area (Å²) in [4.78, 5) is 34.2. The first-order valence-electron chi connectivity index (χ1n) is 9.24. The number of carbonyl (C=O) groups excluding carboxylic acids is 2. The number of hydrogen-bond donors (Lipinski definition) is 1. The molecule has 0 saturated heterocycles. The monoisotopic (exact) mass is 449 g/mol. The molecule has 2 aromatic rings. The minimum absolute atomic E-state index is 0.00639. The molecule has 2 aromatic carbocycles. The third-order valence-electron chi connectivity index (χ3n) is 4.36. The lowest BCUT2D eigenvalue weighted by Gasteiger charge is -2.24. The van der Waals surface area contributed by atoms with Gasteiger partial charge in [0, 0.05) is 36.3 Å². The number of amides is 1. The average Bonchev–Trinajstić information content (AvgIpc) is 2.70. The normalized spacial score (nSPS) is 10.9. The quantitative estimate of drug-likeness (QED) is 0.334. The van der Waals surface area contributed by atoms with Gasteiger partial charge in [0.1, 0.15) is 11.4 Å². The molecule has 0 heterocycles. The molecule has 0 saturated carbocycles. The smallest absolute Gasteiger partial charge is 0.271 e. The van der Waals surface area contributed by atoms with Crippen LogP contribution in [0.15, 0.2) is 42.5 Å². The molecule has 166 valence electrons. The van der Waals surface area contributed by atoms with Crippen molar-refractivity contribution >= 4 is 38.8 Å². The molecule has 0 aliphatic heterocycles. The van der Waals surface area contributed by atoms with Gasteiger partial charge in [0.25, 0.3) is 5.69 Å². The number of anilines is 2. The van der Waals surface area contributed by atoms with Crippen molar-refractivity contribution in [2.24, 2.45) is 0 Å². The maximum atomic E-state index is 12.3. The number of ketones is 1. The number of carbonyl (C=O) groups is 2. The molecule has 0 spiro atoms. The fraction of sp³-hybridized carbons (Fsp3) is 0.300. The summed E-state index contributed by atoms with van der Waals surface area (Å²) in [7, 11) is -2.48. The first-order valence-corrected chi connectivity index (χ1v) is 11.1. The SMILES string of the molecule is COc1ccc([N+](=O)[O-])cc1N(CCCC(=O)Nc1cccc(C(C)=O)c1)S(C)(=O)=O. The molecule has 0 aliphatic rings. The van der Waals surface area contributed by atoms with Gasteiger partial charge < -0.3 is 10.1 Å². The number of Topliss-reactive ketones (excluding diaryl/α,β-unsaturated/α-hetero) is 1. The Kier molecular flexibility index (Phi) is 7.70. The molecule has 0 atom stereocenters. The van der Waals surface area contributed by atoms with Gasteiger partial charge >= 0.3 is 0 Å². The van der Waals surface area contributed by atoms with Crippen LogP contribution < -0.4 is 14.4 Å². The molecule has 11 heteroatoms. The number of ether oxygens (including phenoxy) is 1. The molecule has 0 radical (unpaired) electrons. The first-order chi connectivity index (χ1) is 14.5. The van der Waals surface area contributed by atoms with Gasteiger partial charge in [0.15, 0.2) is 5.78 Å². The Labute approximate surface area is 180 Å². The van der Waals surface area contributed by atoms with Gasteiger partial charge in [-0.3, -0.25) is 24.0 Å². The summed E-state index contributed by atoms with van der Waals surface area (Å²) >= 11 is 0. The third kappa shape index (κ3) is 6.51. The lowest BCUT2D eigenvalue weighted by molar-refractivity contribution is -0.384. The van der Waals surface area contributed by atoms with E-state index < -0.39 is 14.9 Å². The third-order valence-corrected chi connectivity index (χ3v) is 5.54. The van der Waals surface area contributed by atoms with Crippen molar-refractivity contribution in [3.8, 4) is 5.75 Å². The van der Waals surface area contributed by atoms with Gasteiger partial charge in [0.05, 0.1) is 18.3 Å². The molecule has 1 amide bonds. The van der Waals surface area contributed by atoms with Crippen molar-refractivity contribution in [2.45, 2.75) is 19.8 Å². The molecule has 31 heavy (non-hydrogen) atoms. The zero-order valence-electron chi connectivity index (χ0n) is 17.3. The predicted octanol–water partition coefficient (Wildman–Crippen LogP) is 2.99. The Hall–Kier alpha value is -3.47. The van der Waals surface area contributed by atoms with Gasteiger partial charge in [0.2, 0.25) is 15.9 Å². The highest BCUT2D eigenvalue weighted by atomic mass is 32.2. The van der Waals surface area contributed by atoms with Crippen LogP contribution >= 0.6 is 0 Å². The second-order valence-electron chi connectivity index (χ2n) is 6.74. The molecule has 0 bridgehead atoms. The topological polar surface area (TPSA) is 136 Å². The van der Waals surface area contributed by atoms with Crippen molar-refractivity contribution in [2.75, 3.05) is 29.5 Å². The molecule has 2 rings (SSSR count). The van der Waals surface area contributed by atoms with Crippen LogP contribution in [0.2, 0.25) is 0 Å². The van der Waals surface area contributed by atoms with E-state index in [0.717, 1.165) is 16.6 Å². The maximum Gasteiger partial charge on any atom is 0.271 e. The van der Waals surface area contributed by atoms with E-state index in [4.69, 9.17) is 4.74 Å². The summed E-state index contributed by atoms with van der Waals surface area (Å²) in [5, 5.41) is 13.8.